The van der Waals surface area contributed by atoms with Crippen LogP contribution in [0, 0.1) is 10.1 Å². The van der Waals surface area contributed by atoms with Gasteiger partial charge in [-0.2, -0.15) is 5.10 Å². The molecule has 0 saturated heterocycles. The fraction of sp³-hybridized carbons (Fsp3) is 0.0526. The molecule has 0 saturated carbocycles. The van der Waals surface area contributed by atoms with E-state index in [1.54, 1.807) is 12.1 Å². The average molecular weight is 365 g/mol. The molecule has 0 heterocycles. The van der Waals surface area contributed by atoms with Crippen LogP contribution in [0.2, 0.25) is 0 Å². The number of nitro benzene ring substituents is 1. The third-order valence-electron chi connectivity index (χ3n) is 3.92. The molecular formula is C19H15N3O5. The van der Waals surface area contributed by atoms with E-state index in [2.05, 4.69) is 10.5 Å². The fourth-order valence-electron chi connectivity index (χ4n) is 2.62. The number of non-ortho nitro benzene ring substituents is 1. The highest BCUT2D eigenvalue weighted by molar-refractivity contribution is 6.07. The van der Waals surface area contributed by atoms with Crippen molar-refractivity contribution in [2.45, 2.75) is 0 Å². The van der Waals surface area contributed by atoms with Crippen LogP contribution in [-0.4, -0.2) is 29.3 Å². The van der Waals surface area contributed by atoms with Gasteiger partial charge in [0.15, 0.2) is 11.5 Å². The summed E-state index contributed by atoms with van der Waals surface area (Å²) in [6.45, 7) is 0. The Hall–Kier alpha value is -3.94. The summed E-state index contributed by atoms with van der Waals surface area (Å²) in [4.78, 5) is 22.8. The number of carbonyl (C=O) groups is 1. The number of hydrazone groups is 1. The van der Waals surface area contributed by atoms with Crippen LogP contribution in [0.15, 0.2) is 59.7 Å². The Kier molecular flexibility index (Phi) is 4.98. The van der Waals surface area contributed by atoms with Gasteiger partial charge in [-0.3, -0.25) is 14.9 Å². The van der Waals surface area contributed by atoms with Crippen LogP contribution in [0.3, 0.4) is 0 Å². The van der Waals surface area contributed by atoms with Crippen LogP contribution in [0.25, 0.3) is 10.8 Å². The number of nitro groups is 1. The Morgan fingerprint density at radius 2 is 1.96 bits per heavy atom. The van der Waals surface area contributed by atoms with E-state index in [0.29, 0.717) is 5.56 Å². The van der Waals surface area contributed by atoms with Crippen molar-refractivity contribution in [1.29, 1.82) is 0 Å². The predicted molar refractivity (Wildman–Crippen MR) is 100 cm³/mol. The Balaban J connectivity index is 1.86. The first-order valence-corrected chi connectivity index (χ1v) is 7.88. The zero-order valence-electron chi connectivity index (χ0n) is 14.2. The number of amides is 1. The van der Waals surface area contributed by atoms with Gasteiger partial charge >= 0.3 is 0 Å². The van der Waals surface area contributed by atoms with Gasteiger partial charge < -0.3 is 9.84 Å². The minimum Gasteiger partial charge on any atom is -0.504 e. The highest BCUT2D eigenvalue weighted by atomic mass is 16.6. The van der Waals surface area contributed by atoms with Crippen LogP contribution in [0.1, 0.15) is 15.9 Å². The average Bonchev–Trinajstić information content (AvgIpc) is 2.68. The van der Waals surface area contributed by atoms with Crippen molar-refractivity contribution in [2.24, 2.45) is 5.10 Å². The summed E-state index contributed by atoms with van der Waals surface area (Å²) in [7, 11) is 1.28. The van der Waals surface area contributed by atoms with Crippen molar-refractivity contribution in [1.82, 2.24) is 5.43 Å². The molecule has 0 aliphatic rings. The van der Waals surface area contributed by atoms with E-state index >= 15 is 0 Å². The molecule has 27 heavy (non-hydrogen) atoms. The van der Waals surface area contributed by atoms with Gasteiger partial charge in [0.2, 0.25) is 0 Å². The Bertz CT molecular complexity index is 1060. The van der Waals surface area contributed by atoms with E-state index in [1.807, 2.05) is 30.3 Å². The molecule has 3 aromatic rings. The van der Waals surface area contributed by atoms with Crippen molar-refractivity contribution in [3.8, 4) is 11.5 Å². The van der Waals surface area contributed by atoms with E-state index in [0.717, 1.165) is 29.1 Å². The van der Waals surface area contributed by atoms with E-state index < -0.39 is 10.8 Å². The zero-order valence-corrected chi connectivity index (χ0v) is 14.2. The minimum atomic E-state index is -0.617. The number of phenolic OH excluding ortho intramolecular Hbond substituents is 1. The molecule has 1 amide bonds. The molecule has 0 aliphatic heterocycles. The summed E-state index contributed by atoms with van der Waals surface area (Å²) >= 11 is 0. The van der Waals surface area contributed by atoms with E-state index in [1.165, 1.54) is 7.11 Å². The van der Waals surface area contributed by atoms with Crippen molar-refractivity contribution < 1.29 is 19.6 Å². The molecule has 0 aromatic heterocycles. The number of fused-ring (bicyclic) bond motifs is 1. The number of aromatic hydroxyl groups is 1. The smallest absolute Gasteiger partial charge is 0.274 e. The molecule has 0 spiro atoms. The fourth-order valence-corrected chi connectivity index (χ4v) is 2.62. The molecule has 0 atom stereocenters. The number of phenols is 1. The number of methoxy groups -OCH3 is 1. The van der Waals surface area contributed by atoms with Gasteiger partial charge in [-0.25, -0.2) is 5.43 Å². The second-order valence-electron chi connectivity index (χ2n) is 5.57. The number of carbonyl (C=O) groups excluding carboxylic acids is 1. The normalized spacial score (nSPS) is 10.9. The highest BCUT2D eigenvalue weighted by Gasteiger charge is 2.16. The standard InChI is InChI=1S/C19H15N3O5/c1-27-17-10-14(22(25)26)9-13(18(17)23)11-20-21-19(24)16-8-4-6-12-5-2-3-7-15(12)16/h2-11,23H,1H3,(H,21,24)/b20-11+. The molecule has 3 rings (SSSR count). The molecule has 0 fully saturated rings. The highest BCUT2D eigenvalue weighted by Crippen LogP contribution is 2.33. The second kappa shape index (κ2) is 7.52. The molecule has 136 valence electrons. The minimum absolute atomic E-state index is 0.0410. The summed E-state index contributed by atoms with van der Waals surface area (Å²) in [5.41, 5.74) is 2.57. The first-order valence-electron chi connectivity index (χ1n) is 7.88. The number of nitrogens with one attached hydrogen (secondary N) is 1. The molecule has 3 aromatic carbocycles. The van der Waals surface area contributed by atoms with Crippen molar-refractivity contribution in [3.05, 3.63) is 75.8 Å². The van der Waals surface area contributed by atoms with Crippen LogP contribution < -0.4 is 10.2 Å². The summed E-state index contributed by atoms with van der Waals surface area (Å²) < 4.78 is 4.92. The lowest BCUT2D eigenvalue weighted by atomic mass is 10.0. The molecule has 8 heteroatoms. The lowest BCUT2D eigenvalue weighted by molar-refractivity contribution is -0.385. The molecule has 0 radical (unpaired) electrons. The van der Waals surface area contributed by atoms with Crippen molar-refractivity contribution >= 4 is 28.6 Å². The first-order chi connectivity index (χ1) is 13.0. The Labute approximate surface area is 153 Å². The van der Waals surface area contributed by atoms with E-state index in [9.17, 15) is 20.0 Å². The van der Waals surface area contributed by atoms with Crippen LogP contribution >= 0.6 is 0 Å². The lowest BCUT2D eigenvalue weighted by Crippen LogP contribution is -2.18. The Morgan fingerprint density at radius 1 is 1.22 bits per heavy atom. The monoisotopic (exact) mass is 365 g/mol. The molecule has 0 unspecified atom stereocenters. The van der Waals surface area contributed by atoms with E-state index in [-0.39, 0.29) is 22.7 Å². The molecule has 0 bridgehead atoms. The number of rotatable bonds is 5. The van der Waals surface area contributed by atoms with Gasteiger partial charge in [-0.15, -0.1) is 0 Å². The van der Waals surface area contributed by atoms with Gasteiger partial charge in [0.1, 0.15) is 0 Å². The molecular weight excluding hydrogens is 350 g/mol. The molecule has 2 N–H and O–H groups in total. The largest absolute Gasteiger partial charge is 0.504 e. The number of hydrogen-bond donors (Lipinski definition) is 2. The number of nitrogens with zero attached hydrogens (tertiary/aromatic N) is 2. The molecule has 0 aliphatic carbocycles. The molecule has 8 nitrogen and oxygen atoms in total. The van der Waals surface area contributed by atoms with Crippen LogP contribution in [0.5, 0.6) is 11.5 Å². The van der Waals surface area contributed by atoms with Gasteiger partial charge in [0.25, 0.3) is 11.6 Å². The predicted octanol–water partition coefficient (Wildman–Crippen LogP) is 3.23. The number of ether oxygens (including phenoxy) is 1. The maximum Gasteiger partial charge on any atom is 0.274 e. The quantitative estimate of drug-likeness (QED) is 0.409. The number of benzene rings is 3. The lowest BCUT2D eigenvalue weighted by Gasteiger charge is -2.06. The summed E-state index contributed by atoms with van der Waals surface area (Å²) in [5, 5.41) is 26.5. The topological polar surface area (TPSA) is 114 Å². The maximum atomic E-state index is 12.4. The number of hydrogen-bond acceptors (Lipinski definition) is 6. The van der Waals surface area contributed by atoms with Gasteiger partial charge in [-0.05, 0) is 16.8 Å². The summed E-state index contributed by atoms with van der Waals surface area (Å²) in [6, 6.07) is 15.0. The van der Waals surface area contributed by atoms with Gasteiger partial charge in [0, 0.05) is 17.2 Å². The van der Waals surface area contributed by atoms with Crippen molar-refractivity contribution in [3.63, 3.8) is 0 Å². The third-order valence-corrected chi connectivity index (χ3v) is 3.92. The maximum absolute atomic E-state index is 12.4. The zero-order chi connectivity index (χ0) is 19.4. The first kappa shape index (κ1) is 17.9. The van der Waals surface area contributed by atoms with Gasteiger partial charge in [0.05, 0.1) is 24.3 Å². The second-order valence-corrected chi connectivity index (χ2v) is 5.57. The third kappa shape index (κ3) is 3.69. The van der Waals surface area contributed by atoms with Crippen LogP contribution in [0.4, 0.5) is 5.69 Å². The summed E-state index contributed by atoms with van der Waals surface area (Å²) in [6.07, 6.45) is 1.12. The van der Waals surface area contributed by atoms with Crippen molar-refractivity contribution in [2.75, 3.05) is 7.11 Å². The van der Waals surface area contributed by atoms with Gasteiger partial charge in [-0.1, -0.05) is 36.4 Å². The SMILES string of the molecule is COc1cc([N+](=O)[O-])cc(/C=N/NC(=O)c2cccc3ccccc23)c1O. The van der Waals surface area contributed by atoms with Crippen LogP contribution in [-0.2, 0) is 0 Å². The summed E-state index contributed by atoms with van der Waals surface area (Å²) in [5.74, 6) is -0.822. The Morgan fingerprint density at radius 3 is 2.70 bits per heavy atom. The van der Waals surface area contributed by atoms with E-state index in [4.69, 9.17) is 4.74 Å².